The van der Waals surface area contributed by atoms with Crippen LogP contribution in [-0.4, -0.2) is 11.9 Å². The van der Waals surface area contributed by atoms with E-state index in [1.165, 1.54) is 0 Å². The fourth-order valence-electron chi connectivity index (χ4n) is 2.33. The normalized spacial score (nSPS) is 24.5. The zero-order chi connectivity index (χ0) is 12.1. The molecule has 17 heavy (non-hydrogen) atoms. The minimum Gasteiger partial charge on any atom is -0.467 e. The number of hydrogen-bond donors (Lipinski definition) is 2. The molecule has 1 aromatic heterocycles. The van der Waals surface area contributed by atoms with Gasteiger partial charge in [0.1, 0.15) is 5.76 Å². The first-order valence-corrected chi connectivity index (χ1v) is 6.28. The summed E-state index contributed by atoms with van der Waals surface area (Å²) in [6, 6.07) is 4.03. The molecule has 1 heterocycles. The summed E-state index contributed by atoms with van der Waals surface area (Å²) in [5.41, 5.74) is 5.84. The number of hydrogen-bond acceptors (Lipinski definition) is 3. The maximum Gasteiger partial charge on any atom is 0.220 e. The van der Waals surface area contributed by atoms with Gasteiger partial charge in [-0.3, -0.25) is 4.79 Å². The fourth-order valence-corrected chi connectivity index (χ4v) is 2.33. The van der Waals surface area contributed by atoms with Gasteiger partial charge in [-0.1, -0.05) is 0 Å². The van der Waals surface area contributed by atoms with Crippen molar-refractivity contribution in [1.29, 1.82) is 0 Å². The number of carbonyl (C=O) groups excluding carboxylic acids is 1. The van der Waals surface area contributed by atoms with E-state index in [0.29, 0.717) is 24.9 Å². The predicted molar refractivity (Wildman–Crippen MR) is 65.1 cm³/mol. The lowest BCUT2D eigenvalue weighted by Gasteiger charge is -2.25. The van der Waals surface area contributed by atoms with Crippen molar-refractivity contribution in [1.82, 2.24) is 5.32 Å². The first-order chi connectivity index (χ1) is 8.24. The molecule has 0 unspecified atom stereocenters. The fraction of sp³-hybridized carbons (Fsp3) is 0.615. The first kappa shape index (κ1) is 12.2. The summed E-state index contributed by atoms with van der Waals surface area (Å²) >= 11 is 0. The summed E-state index contributed by atoms with van der Waals surface area (Å²) in [7, 11) is 0. The molecule has 0 atom stereocenters. The molecule has 4 heteroatoms. The minimum atomic E-state index is 0.113. The van der Waals surface area contributed by atoms with Crippen LogP contribution in [0.25, 0.3) is 0 Å². The van der Waals surface area contributed by atoms with E-state index in [1.807, 2.05) is 12.1 Å². The molecular weight excluding hydrogens is 216 g/mol. The van der Waals surface area contributed by atoms with Crippen LogP contribution in [0, 0.1) is 5.92 Å². The van der Waals surface area contributed by atoms with Crippen LogP contribution in [0.5, 0.6) is 0 Å². The molecule has 1 saturated carbocycles. The lowest BCUT2D eigenvalue weighted by molar-refractivity contribution is -0.122. The van der Waals surface area contributed by atoms with Gasteiger partial charge in [0.2, 0.25) is 5.91 Å². The molecule has 3 N–H and O–H groups in total. The average Bonchev–Trinajstić information content (AvgIpc) is 2.83. The molecule has 0 saturated heterocycles. The number of carbonyl (C=O) groups is 1. The van der Waals surface area contributed by atoms with Gasteiger partial charge in [0.05, 0.1) is 12.8 Å². The molecule has 0 aliphatic heterocycles. The van der Waals surface area contributed by atoms with Gasteiger partial charge in [-0.25, -0.2) is 0 Å². The molecule has 2 rings (SSSR count). The van der Waals surface area contributed by atoms with E-state index in [-0.39, 0.29) is 5.91 Å². The Morgan fingerprint density at radius 1 is 1.41 bits per heavy atom. The van der Waals surface area contributed by atoms with Gasteiger partial charge in [0.25, 0.3) is 0 Å². The molecule has 94 valence electrons. The van der Waals surface area contributed by atoms with Crippen molar-refractivity contribution >= 4 is 5.91 Å². The summed E-state index contributed by atoms with van der Waals surface area (Å²) < 4.78 is 5.16. The Bertz CT molecular complexity index is 340. The number of nitrogens with one attached hydrogen (secondary N) is 1. The Morgan fingerprint density at radius 2 is 2.18 bits per heavy atom. The second-order valence-corrected chi connectivity index (χ2v) is 4.84. The summed E-state index contributed by atoms with van der Waals surface area (Å²) in [6.07, 6.45) is 6.49. The quantitative estimate of drug-likeness (QED) is 0.837. The highest BCUT2D eigenvalue weighted by molar-refractivity contribution is 5.76. The lowest BCUT2D eigenvalue weighted by atomic mass is 9.84. The van der Waals surface area contributed by atoms with Crippen LogP contribution >= 0.6 is 0 Å². The second kappa shape index (κ2) is 5.87. The Balaban J connectivity index is 1.67. The van der Waals surface area contributed by atoms with Crippen LogP contribution in [0.3, 0.4) is 0 Å². The Morgan fingerprint density at radius 3 is 2.82 bits per heavy atom. The Hall–Kier alpha value is -1.29. The van der Waals surface area contributed by atoms with Gasteiger partial charge < -0.3 is 15.5 Å². The van der Waals surface area contributed by atoms with Gasteiger partial charge in [0, 0.05) is 12.5 Å². The third-order valence-corrected chi connectivity index (χ3v) is 3.41. The largest absolute Gasteiger partial charge is 0.467 e. The van der Waals surface area contributed by atoms with Gasteiger partial charge >= 0.3 is 0 Å². The van der Waals surface area contributed by atoms with Crippen LogP contribution in [0.15, 0.2) is 22.8 Å². The number of amides is 1. The van der Waals surface area contributed by atoms with E-state index in [0.717, 1.165) is 31.4 Å². The average molecular weight is 236 g/mol. The summed E-state index contributed by atoms with van der Waals surface area (Å²) in [6.45, 7) is 0.484. The van der Waals surface area contributed by atoms with Crippen molar-refractivity contribution in [2.24, 2.45) is 11.7 Å². The standard InChI is InChI=1S/C13H20N2O2/c14-11-5-3-10(4-6-11)8-13(16)15-9-12-2-1-7-17-12/h1-2,7,10-11H,3-6,8-9,14H2,(H,15,16). The molecule has 1 aliphatic rings. The topological polar surface area (TPSA) is 68.3 Å². The van der Waals surface area contributed by atoms with Gasteiger partial charge in [0.15, 0.2) is 0 Å². The van der Waals surface area contributed by atoms with E-state index in [1.54, 1.807) is 6.26 Å². The van der Waals surface area contributed by atoms with Crippen molar-refractivity contribution in [2.45, 2.75) is 44.7 Å². The van der Waals surface area contributed by atoms with Crippen LogP contribution in [0.1, 0.15) is 37.9 Å². The molecule has 1 fully saturated rings. The van der Waals surface area contributed by atoms with Gasteiger partial charge in [-0.15, -0.1) is 0 Å². The molecule has 0 bridgehead atoms. The van der Waals surface area contributed by atoms with Crippen LogP contribution in [0.2, 0.25) is 0 Å². The number of nitrogens with two attached hydrogens (primary N) is 1. The van der Waals surface area contributed by atoms with E-state index in [9.17, 15) is 4.79 Å². The monoisotopic (exact) mass is 236 g/mol. The lowest BCUT2D eigenvalue weighted by Crippen LogP contribution is -2.30. The van der Waals surface area contributed by atoms with E-state index < -0.39 is 0 Å². The molecule has 0 aromatic carbocycles. The summed E-state index contributed by atoms with van der Waals surface area (Å²) in [5, 5.41) is 2.88. The van der Waals surface area contributed by atoms with Crippen LogP contribution in [-0.2, 0) is 11.3 Å². The zero-order valence-electron chi connectivity index (χ0n) is 10.0. The third-order valence-electron chi connectivity index (χ3n) is 3.41. The third kappa shape index (κ3) is 3.89. The van der Waals surface area contributed by atoms with Crippen molar-refractivity contribution < 1.29 is 9.21 Å². The Labute approximate surface area is 102 Å². The van der Waals surface area contributed by atoms with Crippen LogP contribution in [0.4, 0.5) is 0 Å². The van der Waals surface area contributed by atoms with Crippen molar-refractivity contribution in [2.75, 3.05) is 0 Å². The molecule has 4 nitrogen and oxygen atoms in total. The SMILES string of the molecule is NC1CCC(CC(=O)NCc2ccco2)CC1. The van der Waals surface area contributed by atoms with Gasteiger partial charge in [-0.05, 0) is 43.7 Å². The highest BCUT2D eigenvalue weighted by atomic mass is 16.3. The predicted octanol–water partition coefficient (Wildman–Crippen LogP) is 1.80. The number of rotatable bonds is 4. The van der Waals surface area contributed by atoms with E-state index in [4.69, 9.17) is 10.2 Å². The number of furan rings is 1. The maximum absolute atomic E-state index is 11.7. The maximum atomic E-state index is 11.7. The van der Waals surface area contributed by atoms with E-state index in [2.05, 4.69) is 5.32 Å². The van der Waals surface area contributed by atoms with Gasteiger partial charge in [-0.2, -0.15) is 0 Å². The molecule has 0 spiro atoms. The first-order valence-electron chi connectivity index (χ1n) is 6.28. The summed E-state index contributed by atoms with van der Waals surface area (Å²) in [4.78, 5) is 11.7. The smallest absolute Gasteiger partial charge is 0.220 e. The highest BCUT2D eigenvalue weighted by Crippen LogP contribution is 2.25. The van der Waals surface area contributed by atoms with Crippen molar-refractivity contribution in [3.05, 3.63) is 24.2 Å². The van der Waals surface area contributed by atoms with Crippen LogP contribution < -0.4 is 11.1 Å². The summed E-state index contributed by atoms with van der Waals surface area (Å²) in [5.74, 6) is 1.41. The zero-order valence-corrected chi connectivity index (χ0v) is 10.0. The molecule has 1 amide bonds. The Kier molecular flexibility index (Phi) is 4.20. The highest BCUT2D eigenvalue weighted by Gasteiger charge is 2.20. The molecule has 1 aromatic rings. The molecule has 1 aliphatic carbocycles. The molecular formula is C13H20N2O2. The molecule has 0 radical (unpaired) electrons. The van der Waals surface area contributed by atoms with Crippen molar-refractivity contribution in [3.8, 4) is 0 Å². The van der Waals surface area contributed by atoms with E-state index >= 15 is 0 Å². The van der Waals surface area contributed by atoms with Crippen molar-refractivity contribution in [3.63, 3.8) is 0 Å². The minimum absolute atomic E-state index is 0.113. The second-order valence-electron chi connectivity index (χ2n) is 4.84.